The van der Waals surface area contributed by atoms with E-state index in [2.05, 4.69) is 15.9 Å². The van der Waals surface area contributed by atoms with Crippen LogP contribution in [0.2, 0.25) is 0 Å². The summed E-state index contributed by atoms with van der Waals surface area (Å²) in [5.74, 6) is 0. The third-order valence-corrected chi connectivity index (χ3v) is 0.649. The lowest BCUT2D eigenvalue weighted by Crippen LogP contribution is -1.99. The molecule has 0 atom stereocenters. The van der Waals surface area contributed by atoms with Crippen LogP contribution in [0.25, 0.3) is 0 Å². The predicted octanol–water partition coefficient (Wildman–Crippen LogP) is 0.944. The quantitative estimate of drug-likeness (QED) is 0.584. The molecule has 0 saturated heterocycles. The number of hydrogen-bond donors (Lipinski definition) is 0. The minimum Gasteiger partial charge on any atom is -0.373 e. The first-order valence-electron chi connectivity index (χ1n) is 2.03. The number of hydrogen-bond acceptors (Lipinski definition) is 2. The van der Waals surface area contributed by atoms with Gasteiger partial charge in [-0.25, -0.2) is 0 Å². The zero-order valence-corrected chi connectivity index (χ0v) is 5.69. The Labute approximate surface area is 51.0 Å². The summed E-state index contributed by atoms with van der Waals surface area (Å²) >= 11 is 2.71. The molecule has 0 fully saturated rings. The summed E-state index contributed by atoms with van der Waals surface area (Å²) in [4.78, 5) is 9.99. The first-order valence-corrected chi connectivity index (χ1v) is 2.82. The van der Waals surface area contributed by atoms with Crippen molar-refractivity contribution in [1.29, 1.82) is 0 Å². The molecule has 0 bridgehead atoms. The zero-order valence-electron chi connectivity index (χ0n) is 4.11. The smallest absolute Gasteiger partial charge is 0.223 e. The molecule has 0 amide bonds. The van der Waals surface area contributed by atoms with E-state index in [1.165, 1.54) is 0 Å². The molecular formula is C4H7BrO2. The molecule has 3 heteroatoms. The molecule has 0 aromatic heterocycles. The van der Waals surface area contributed by atoms with Crippen LogP contribution in [0.3, 0.4) is 0 Å². The van der Waals surface area contributed by atoms with E-state index >= 15 is 0 Å². The first-order chi connectivity index (χ1) is 3.27. The van der Waals surface area contributed by atoms with Gasteiger partial charge >= 0.3 is 0 Å². The van der Waals surface area contributed by atoms with E-state index in [0.717, 1.165) is 0 Å². The molecule has 42 valence electrons. The Morgan fingerprint density at radius 2 is 2.43 bits per heavy atom. The van der Waals surface area contributed by atoms with Gasteiger partial charge in [0.15, 0.2) is 0 Å². The van der Waals surface area contributed by atoms with E-state index in [9.17, 15) is 4.79 Å². The second-order valence-corrected chi connectivity index (χ2v) is 1.88. The van der Waals surface area contributed by atoms with Crippen molar-refractivity contribution in [3.63, 3.8) is 0 Å². The monoisotopic (exact) mass is 166 g/mol. The molecule has 2 nitrogen and oxygen atoms in total. The van der Waals surface area contributed by atoms with E-state index in [1.807, 2.05) is 6.92 Å². The van der Waals surface area contributed by atoms with Crippen LogP contribution in [0, 0.1) is 0 Å². The van der Waals surface area contributed by atoms with Gasteiger partial charge in [0.1, 0.15) is 6.61 Å². The van der Waals surface area contributed by atoms with Crippen LogP contribution >= 0.6 is 15.9 Å². The molecule has 0 aromatic rings. The van der Waals surface area contributed by atoms with Crippen molar-refractivity contribution in [1.82, 2.24) is 0 Å². The van der Waals surface area contributed by atoms with Crippen LogP contribution in [-0.2, 0) is 9.53 Å². The Morgan fingerprint density at radius 1 is 1.86 bits per heavy atom. The van der Waals surface area contributed by atoms with E-state index in [0.29, 0.717) is 6.61 Å². The zero-order chi connectivity index (χ0) is 5.70. The Bertz CT molecular complexity index is 62.7. The SMILES string of the molecule is CCOCC(=O)Br. The predicted molar refractivity (Wildman–Crippen MR) is 30.4 cm³/mol. The Morgan fingerprint density at radius 3 is 2.57 bits per heavy atom. The molecule has 0 unspecified atom stereocenters. The summed E-state index contributed by atoms with van der Waals surface area (Å²) in [6.07, 6.45) is 0. The van der Waals surface area contributed by atoms with Gasteiger partial charge in [0.2, 0.25) is 4.69 Å². The van der Waals surface area contributed by atoms with Gasteiger partial charge in [-0.15, -0.1) is 0 Å². The molecule has 0 rings (SSSR count). The molecule has 0 heterocycles. The molecule has 0 radical (unpaired) electrons. The van der Waals surface area contributed by atoms with Crippen LogP contribution in [0.4, 0.5) is 0 Å². The lowest BCUT2D eigenvalue weighted by molar-refractivity contribution is -0.114. The first kappa shape index (κ1) is 7.11. The molecular weight excluding hydrogens is 160 g/mol. The molecule has 0 saturated carbocycles. The summed E-state index contributed by atoms with van der Waals surface area (Å²) in [6, 6.07) is 0. The fraction of sp³-hybridized carbons (Fsp3) is 0.750. The van der Waals surface area contributed by atoms with Gasteiger partial charge in [0.25, 0.3) is 0 Å². The number of carbonyl (C=O) groups is 1. The maximum Gasteiger partial charge on any atom is 0.223 e. The Balaban J connectivity index is 2.82. The van der Waals surface area contributed by atoms with Crippen molar-refractivity contribution < 1.29 is 9.53 Å². The number of carbonyl (C=O) groups excluding carboxylic acids is 1. The highest BCUT2D eigenvalue weighted by molar-refractivity contribution is 9.18. The summed E-state index contributed by atoms with van der Waals surface area (Å²) in [6.45, 7) is 2.61. The molecule has 0 spiro atoms. The van der Waals surface area contributed by atoms with Gasteiger partial charge in [0.05, 0.1) is 0 Å². The third kappa shape index (κ3) is 6.11. The summed E-state index contributed by atoms with van der Waals surface area (Å²) in [5.41, 5.74) is 0. The highest BCUT2D eigenvalue weighted by Crippen LogP contribution is 1.83. The number of halogens is 1. The number of rotatable bonds is 3. The second kappa shape index (κ2) is 4.27. The highest BCUT2D eigenvalue weighted by atomic mass is 79.9. The lowest BCUT2D eigenvalue weighted by Gasteiger charge is -1.90. The van der Waals surface area contributed by atoms with Gasteiger partial charge in [-0.3, -0.25) is 4.79 Å². The third-order valence-electron chi connectivity index (χ3n) is 0.420. The van der Waals surface area contributed by atoms with Crippen LogP contribution in [0.1, 0.15) is 6.92 Å². The van der Waals surface area contributed by atoms with Crippen molar-refractivity contribution in [2.75, 3.05) is 13.2 Å². The largest absolute Gasteiger partial charge is 0.373 e. The Hall–Kier alpha value is 0.110. The van der Waals surface area contributed by atoms with Gasteiger partial charge in [-0.05, 0) is 22.9 Å². The molecule has 0 aromatic carbocycles. The van der Waals surface area contributed by atoms with E-state index < -0.39 is 0 Å². The minimum absolute atomic E-state index is 0.102. The van der Waals surface area contributed by atoms with Gasteiger partial charge in [0, 0.05) is 6.61 Å². The summed E-state index contributed by atoms with van der Waals surface area (Å²) in [7, 11) is 0. The van der Waals surface area contributed by atoms with Crippen molar-refractivity contribution in [2.24, 2.45) is 0 Å². The van der Waals surface area contributed by atoms with Crippen molar-refractivity contribution in [3.8, 4) is 0 Å². The van der Waals surface area contributed by atoms with Crippen LogP contribution in [-0.4, -0.2) is 17.9 Å². The molecule has 0 aliphatic heterocycles. The molecule has 7 heavy (non-hydrogen) atoms. The van der Waals surface area contributed by atoms with Crippen molar-refractivity contribution in [2.45, 2.75) is 6.92 Å². The van der Waals surface area contributed by atoms with Gasteiger partial charge in [-0.1, -0.05) is 0 Å². The maximum atomic E-state index is 9.99. The fourth-order valence-electron chi connectivity index (χ4n) is 0.182. The van der Waals surface area contributed by atoms with E-state index in [4.69, 9.17) is 4.74 Å². The van der Waals surface area contributed by atoms with Crippen molar-refractivity contribution >= 4 is 20.6 Å². The maximum absolute atomic E-state index is 9.99. The second-order valence-electron chi connectivity index (χ2n) is 0.992. The van der Waals surface area contributed by atoms with E-state index in [-0.39, 0.29) is 11.3 Å². The van der Waals surface area contributed by atoms with Gasteiger partial charge < -0.3 is 4.74 Å². The van der Waals surface area contributed by atoms with Crippen LogP contribution in [0.15, 0.2) is 0 Å². The van der Waals surface area contributed by atoms with Crippen LogP contribution in [0.5, 0.6) is 0 Å². The topological polar surface area (TPSA) is 26.3 Å². The summed E-state index contributed by atoms with van der Waals surface area (Å²) in [5, 5.41) is 0. The lowest BCUT2D eigenvalue weighted by atomic mass is 10.8. The normalized spacial score (nSPS) is 8.86. The molecule has 0 aliphatic rings. The molecule has 0 N–H and O–H groups in total. The van der Waals surface area contributed by atoms with Crippen molar-refractivity contribution in [3.05, 3.63) is 0 Å². The molecule has 0 aliphatic carbocycles. The van der Waals surface area contributed by atoms with Gasteiger partial charge in [-0.2, -0.15) is 0 Å². The average molecular weight is 167 g/mol. The Kier molecular flexibility index (Phi) is 4.34. The highest BCUT2D eigenvalue weighted by Gasteiger charge is 1.89. The summed E-state index contributed by atoms with van der Waals surface area (Å²) < 4.78 is 4.60. The standard InChI is InChI=1S/C4H7BrO2/c1-2-7-3-4(5)6/h2-3H2,1H3. The average Bonchev–Trinajstić information content (AvgIpc) is 1.61. The number of ether oxygens (including phenoxy) is 1. The van der Waals surface area contributed by atoms with E-state index in [1.54, 1.807) is 0 Å². The fourth-order valence-corrected chi connectivity index (χ4v) is 0.344. The minimum atomic E-state index is -0.102. The van der Waals surface area contributed by atoms with Crippen LogP contribution < -0.4 is 0 Å².